The van der Waals surface area contributed by atoms with Crippen LogP contribution in [-0.4, -0.2) is 34.1 Å². The lowest BCUT2D eigenvalue weighted by atomic mass is 10.2. The fourth-order valence-corrected chi connectivity index (χ4v) is 0.964. The fourth-order valence-electron chi connectivity index (χ4n) is 0.964. The van der Waals surface area contributed by atoms with Crippen molar-refractivity contribution >= 4 is 17.6 Å². The van der Waals surface area contributed by atoms with Crippen LogP contribution in [0, 0.1) is 0 Å². The Morgan fingerprint density at radius 3 is 2.26 bits per heavy atom. The molecule has 1 heterocycles. The van der Waals surface area contributed by atoms with E-state index in [0.29, 0.717) is 6.07 Å². The molecule has 0 spiro atoms. The summed E-state index contributed by atoms with van der Waals surface area (Å²) in [5.41, 5.74) is -1.16. The van der Waals surface area contributed by atoms with E-state index in [-0.39, 0.29) is 0 Å². The maximum Gasteiger partial charge on any atom is 0.463 e. The summed E-state index contributed by atoms with van der Waals surface area (Å²) in [6, 6.07) is 1.52. The highest BCUT2D eigenvalue weighted by molar-refractivity contribution is 5.97. The molecule has 2 N–H and O–H groups in total. The lowest BCUT2D eigenvalue weighted by molar-refractivity contribution is -0.267. The molecular formula is C9H5F5N2O3. The molecule has 0 radical (unpaired) electrons. The van der Waals surface area contributed by atoms with Gasteiger partial charge in [0, 0.05) is 11.9 Å². The quantitative estimate of drug-likeness (QED) is 0.831. The van der Waals surface area contributed by atoms with Gasteiger partial charge in [-0.15, -0.1) is 0 Å². The number of alkyl halides is 5. The zero-order chi connectivity index (χ0) is 14.8. The maximum atomic E-state index is 12.6. The van der Waals surface area contributed by atoms with Crippen molar-refractivity contribution in [1.82, 2.24) is 4.98 Å². The molecule has 0 aromatic carbocycles. The van der Waals surface area contributed by atoms with Gasteiger partial charge in [0.1, 0.15) is 5.69 Å². The number of halogens is 5. The summed E-state index contributed by atoms with van der Waals surface area (Å²) in [6.07, 6.45) is -5.20. The van der Waals surface area contributed by atoms with Gasteiger partial charge in [0.25, 0.3) is 0 Å². The van der Waals surface area contributed by atoms with Crippen molar-refractivity contribution in [2.24, 2.45) is 0 Å². The van der Waals surface area contributed by atoms with Crippen LogP contribution in [0.3, 0.4) is 0 Å². The van der Waals surface area contributed by atoms with Crippen molar-refractivity contribution in [3.8, 4) is 0 Å². The number of aromatic nitrogens is 1. The van der Waals surface area contributed by atoms with Gasteiger partial charge in [-0.25, -0.2) is 9.78 Å². The molecule has 0 atom stereocenters. The average Bonchev–Trinajstić information content (AvgIpc) is 2.27. The number of aromatic carboxylic acids is 1. The second-order valence-corrected chi connectivity index (χ2v) is 3.26. The molecule has 0 fully saturated rings. The predicted octanol–water partition coefficient (Wildman–Crippen LogP) is 1.92. The molecule has 5 nitrogen and oxygen atoms in total. The first-order chi connectivity index (χ1) is 8.55. The van der Waals surface area contributed by atoms with E-state index in [1.807, 2.05) is 0 Å². The molecular weight excluding hydrogens is 279 g/mol. The van der Waals surface area contributed by atoms with E-state index in [1.165, 1.54) is 5.32 Å². The molecule has 0 aliphatic heterocycles. The van der Waals surface area contributed by atoms with Crippen molar-refractivity contribution in [3.63, 3.8) is 0 Å². The van der Waals surface area contributed by atoms with Gasteiger partial charge >= 0.3 is 24.0 Å². The number of nitrogens with zero attached hydrogens (tertiary/aromatic N) is 1. The molecule has 0 unspecified atom stereocenters. The molecule has 0 aliphatic carbocycles. The molecule has 1 rings (SSSR count). The van der Waals surface area contributed by atoms with Crippen molar-refractivity contribution < 1.29 is 36.6 Å². The third-order valence-electron chi connectivity index (χ3n) is 1.88. The van der Waals surface area contributed by atoms with E-state index >= 15 is 0 Å². The molecule has 1 aromatic heterocycles. The summed E-state index contributed by atoms with van der Waals surface area (Å²) >= 11 is 0. The Labute approximate surface area is 102 Å². The smallest absolute Gasteiger partial charge is 0.463 e. The second kappa shape index (κ2) is 4.78. The molecule has 10 heteroatoms. The fraction of sp³-hybridized carbons (Fsp3) is 0.222. The van der Waals surface area contributed by atoms with Gasteiger partial charge in [0.2, 0.25) is 0 Å². The topological polar surface area (TPSA) is 79.3 Å². The van der Waals surface area contributed by atoms with E-state index in [2.05, 4.69) is 4.98 Å². The number of nitrogens with one attached hydrogen (secondary N) is 1. The van der Waals surface area contributed by atoms with E-state index in [1.54, 1.807) is 0 Å². The summed E-state index contributed by atoms with van der Waals surface area (Å²) < 4.78 is 60.8. The number of carboxylic acid groups (broad SMARTS) is 1. The predicted molar refractivity (Wildman–Crippen MR) is 50.8 cm³/mol. The number of carboxylic acids is 1. The van der Waals surface area contributed by atoms with Crippen LogP contribution < -0.4 is 5.32 Å². The van der Waals surface area contributed by atoms with E-state index in [4.69, 9.17) is 5.11 Å². The minimum atomic E-state index is -6.04. The van der Waals surface area contributed by atoms with Crippen LogP contribution in [0.5, 0.6) is 0 Å². The Kier molecular flexibility index (Phi) is 3.73. The van der Waals surface area contributed by atoms with Gasteiger partial charge in [-0.1, -0.05) is 0 Å². The third kappa shape index (κ3) is 3.14. The van der Waals surface area contributed by atoms with Crippen LogP contribution in [0.15, 0.2) is 18.3 Å². The average molecular weight is 284 g/mol. The van der Waals surface area contributed by atoms with E-state index in [0.717, 1.165) is 12.3 Å². The lowest BCUT2D eigenvalue weighted by Crippen LogP contribution is -2.47. The first-order valence-corrected chi connectivity index (χ1v) is 4.51. The maximum absolute atomic E-state index is 12.6. The molecule has 104 valence electrons. The molecule has 0 saturated heterocycles. The summed E-state index contributed by atoms with van der Waals surface area (Å²) in [7, 11) is 0. The zero-order valence-corrected chi connectivity index (χ0v) is 8.83. The zero-order valence-electron chi connectivity index (χ0n) is 8.83. The van der Waals surface area contributed by atoms with E-state index < -0.39 is 35.4 Å². The molecule has 0 aliphatic rings. The number of hydrogen-bond donors (Lipinski definition) is 2. The van der Waals surface area contributed by atoms with Crippen molar-refractivity contribution in [1.29, 1.82) is 0 Å². The van der Waals surface area contributed by atoms with Gasteiger partial charge in [-0.2, -0.15) is 22.0 Å². The van der Waals surface area contributed by atoms with Crippen LogP contribution in [0.4, 0.5) is 27.6 Å². The van der Waals surface area contributed by atoms with Crippen LogP contribution in [0.2, 0.25) is 0 Å². The van der Waals surface area contributed by atoms with Gasteiger partial charge in [0.05, 0.1) is 0 Å². The van der Waals surface area contributed by atoms with Crippen LogP contribution >= 0.6 is 0 Å². The lowest BCUT2D eigenvalue weighted by Gasteiger charge is -2.18. The Balaban J connectivity index is 2.95. The van der Waals surface area contributed by atoms with Gasteiger partial charge in [-0.05, 0) is 12.1 Å². The number of rotatable bonds is 3. The Hall–Kier alpha value is -2.26. The monoisotopic (exact) mass is 284 g/mol. The first-order valence-electron chi connectivity index (χ1n) is 4.51. The Morgan fingerprint density at radius 2 is 1.79 bits per heavy atom. The molecule has 0 bridgehead atoms. The number of anilines is 1. The second-order valence-electron chi connectivity index (χ2n) is 3.26. The molecule has 1 aromatic rings. The Bertz CT molecular complexity index is 515. The van der Waals surface area contributed by atoms with Crippen LogP contribution in [0.25, 0.3) is 0 Å². The minimum Gasteiger partial charge on any atom is -0.477 e. The number of carbonyl (C=O) groups excluding carboxylic acids is 1. The number of pyridine rings is 1. The standard InChI is InChI=1S/C9H5F5N2O3/c10-8(11,9(12,13)14)7(19)16-4-1-2-15-5(3-4)6(17)18/h1-3H,(H,17,18)(H,15,16,19). The summed E-state index contributed by atoms with van der Waals surface area (Å²) in [6.45, 7) is 0. The van der Waals surface area contributed by atoms with Gasteiger partial charge in [0.15, 0.2) is 0 Å². The summed E-state index contributed by atoms with van der Waals surface area (Å²) in [5, 5.41) is 9.80. The number of carbonyl (C=O) groups is 2. The number of hydrogen-bond acceptors (Lipinski definition) is 3. The number of amides is 1. The largest absolute Gasteiger partial charge is 0.477 e. The summed E-state index contributed by atoms with van der Waals surface area (Å²) in [4.78, 5) is 24.6. The van der Waals surface area contributed by atoms with Crippen molar-refractivity contribution in [2.45, 2.75) is 12.1 Å². The normalized spacial score (nSPS) is 12.1. The first kappa shape index (κ1) is 14.8. The highest BCUT2D eigenvalue weighted by Crippen LogP contribution is 2.36. The third-order valence-corrected chi connectivity index (χ3v) is 1.88. The van der Waals surface area contributed by atoms with E-state index in [9.17, 15) is 31.5 Å². The highest BCUT2D eigenvalue weighted by atomic mass is 19.4. The van der Waals surface area contributed by atoms with Gasteiger partial charge < -0.3 is 10.4 Å². The summed E-state index contributed by atoms with van der Waals surface area (Å²) in [5.74, 6) is -9.72. The Morgan fingerprint density at radius 1 is 1.21 bits per heavy atom. The molecule has 1 amide bonds. The van der Waals surface area contributed by atoms with Crippen LogP contribution in [0.1, 0.15) is 10.5 Å². The SMILES string of the molecule is O=C(O)c1cc(NC(=O)C(F)(F)C(F)(F)F)ccn1. The van der Waals surface area contributed by atoms with Gasteiger partial charge in [-0.3, -0.25) is 4.79 Å². The van der Waals surface area contributed by atoms with Crippen LogP contribution in [-0.2, 0) is 4.79 Å². The van der Waals surface area contributed by atoms with Crippen molar-refractivity contribution in [3.05, 3.63) is 24.0 Å². The molecule has 0 saturated carbocycles. The highest BCUT2D eigenvalue weighted by Gasteiger charge is 2.63. The molecule has 19 heavy (non-hydrogen) atoms. The van der Waals surface area contributed by atoms with Crippen molar-refractivity contribution in [2.75, 3.05) is 5.32 Å². The minimum absolute atomic E-state index is 0.540.